The molecule has 2 heterocycles. The summed E-state index contributed by atoms with van der Waals surface area (Å²) in [5, 5.41) is 0. The van der Waals surface area contributed by atoms with E-state index in [2.05, 4.69) is 0 Å². The molecule has 2 aliphatic heterocycles. The highest BCUT2D eigenvalue weighted by Crippen LogP contribution is 2.33. The standard InChI is InChI=1S/C21H20N2O5/c1-27-17-9-13-7-8-22(11-14(13)10-18(17)28-2)19(24)12-23-20(25)15-5-3-4-6-16(15)21(23)26/h3-6,9-10H,7-8,11-12H2,1-2H3. The van der Waals surface area contributed by atoms with E-state index in [9.17, 15) is 14.4 Å². The summed E-state index contributed by atoms with van der Waals surface area (Å²) >= 11 is 0. The maximum atomic E-state index is 12.8. The Morgan fingerprint density at radius 2 is 1.54 bits per heavy atom. The zero-order valence-corrected chi connectivity index (χ0v) is 15.7. The molecule has 28 heavy (non-hydrogen) atoms. The second-order valence-corrected chi connectivity index (χ2v) is 6.78. The normalized spacial score (nSPS) is 15.4. The number of nitrogens with zero attached hydrogens (tertiary/aromatic N) is 2. The van der Waals surface area contributed by atoms with Crippen LogP contribution >= 0.6 is 0 Å². The highest BCUT2D eigenvalue weighted by molar-refractivity contribution is 6.22. The highest BCUT2D eigenvalue weighted by atomic mass is 16.5. The van der Waals surface area contributed by atoms with Gasteiger partial charge in [-0.3, -0.25) is 19.3 Å². The Morgan fingerprint density at radius 1 is 0.964 bits per heavy atom. The first-order valence-electron chi connectivity index (χ1n) is 9.00. The van der Waals surface area contributed by atoms with Crippen LogP contribution in [0.25, 0.3) is 0 Å². The van der Waals surface area contributed by atoms with E-state index in [1.807, 2.05) is 12.1 Å². The van der Waals surface area contributed by atoms with Gasteiger partial charge in [-0.25, -0.2) is 0 Å². The van der Waals surface area contributed by atoms with E-state index in [-0.39, 0.29) is 12.5 Å². The molecule has 0 bridgehead atoms. The summed E-state index contributed by atoms with van der Waals surface area (Å²) in [4.78, 5) is 40.5. The fraction of sp³-hybridized carbons (Fsp3) is 0.286. The lowest BCUT2D eigenvalue weighted by atomic mass is 9.98. The van der Waals surface area contributed by atoms with Gasteiger partial charge in [0.05, 0.1) is 25.3 Å². The minimum Gasteiger partial charge on any atom is -0.493 e. The summed E-state index contributed by atoms with van der Waals surface area (Å²) in [6.45, 7) is 0.664. The second kappa shape index (κ2) is 6.99. The second-order valence-electron chi connectivity index (χ2n) is 6.78. The number of amides is 3. The number of fused-ring (bicyclic) bond motifs is 2. The Labute approximate surface area is 162 Å². The van der Waals surface area contributed by atoms with Crippen LogP contribution in [-0.4, -0.2) is 54.8 Å². The number of rotatable bonds is 4. The van der Waals surface area contributed by atoms with E-state index in [1.54, 1.807) is 43.4 Å². The van der Waals surface area contributed by atoms with Crippen LogP contribution in [0.2, 0.25) is 0 Å². The molecule has 0 aliphatic carbocycles. The molecule has 2 aromatic rings. The third-order valence-corrected chi connectivity index (χ3v) is 5.24. The van der Waals surface area contributed by atoms with Crippen LogP contribution in [0.3, 0.4) is 0 Å². The molecule has 0 aromatic heterocycles. The fourth-order valence-electron chi connectivity index (χ4n) is 3.71. The minimum atomic E-state index is -0.419. The fourth-order valence-corrected chi connectivity index (χ4v) is 3.71. The molecule has 2 aromatic carbocycles. The van der Waals surface area contributed by atoms with E-state index in [0.29, 0.717) is 42.1 Å². The molecule has 2 aliphatic rings. The van der Waals surface area contributed by atoms with Crippen LogP contribution in [0.4, 0.5) is 0 Å². The van der Waals surface area contributed by atoms with E-state index in [1.165, 1.54) is 0 Å². The lowest BCUT2D eigenvalue weighted by Crippen LogP contribution is -2.44. The lowest BCUT2D eigenvalue weighted by molar-refractivity contribution is -0.132. The van der Waals surface area contributed by atoms with Crippen molar-refractivity contribution in [1.82, 2.24) is 9.80 Å². The van der Waals surface area contributed by atoms with Crippen LogP contribution in [0, 0.1) is 0 Å². The number of imide groups is 1. The molecule has 0 unspecified atom stereocenters. The number of methoxy groups -OCH3 is 2. The van der Waals surface area contributed by atoms with E-state index in [0.717, 1.165) is 16.0 Å². The maximum absolute atomic E-state index is 12.8. The maximum Gasteiger partial charge on any atom is 0.262 e. The molecular weight excluding hydrogens is 360 g/mol. The topological polar surface area (TPSA) is 76.2 Å². The Balaban J connectivity index is 1.50. The van der Waals surface area contributed by atoms with Crippen molar-refractivity contribution in [2.45, 2.75) is 13.0 Å². The summed E-state index contributed by atoms with van der Waals surface area (Å²) in [6, 6.07) is 10.4. The van der Waals surface area contributed by atoms with Gasteiger partial charge in [0.15, 0.2) is 11.5 Å². The Morgan fingerprint density at radius 3 is 2.11 bits per heavy atom. The molecule has 4 rings (SSSR count). The van der Waals surface area contributed by atoms with E-state index in [4.69, 9.17) is 9.47 Å². The molecule has 0 saturated carbocycles. The molecule has 3 amide bonds. The first kappa shape index (κ1) is 18.0. The Kier molecular flexibility index (Phi) is 4.50. The third kappa shape index (κ3) is 2.89. The third-order valence-electron chi connectivity index (χ3n) is 5.24. The Hall–Kier alpha value is -3.35. The molecule has 0 saturated heterocycles. The predicted octanol–water partition coefficient (Wildman–Crippen LogP) is 1.88. The van der Waals surface area contributed by atoms with Gasteiger partial charge in [-0.05, 0) is 41.8 Å². The minimum absolute atomic E-state index is 0.255. The van der Waals surface area contributed by atoms with Crippen molar-refractivity contribution in [2.24, 2.45) is 0 Å². The summed E-state index contributed by atoms with van der Waals surface area (Å²) < 4.78 is 10.7. The van der Waals surface area contributed by atoms with Gasteiger partial charge < -0.3 is 14.4 Å². The van der Waals surface area contributed by atoms with Crippen molar-refractivity contribution in [3.63, 3.8) is 0 Å². The number of hydrogen-bond donors (Lipinski definition) is 0. The van der Waals surface area contributed by atoms with Crippen LogP contribution in [-0.2, 0) is 17.8 Å². The van der Waals surface area contributed by atoms with Gasteiger partial charge in [0, 0.05) is 13.1 Å². The van der Waals surface area contributed by atoms with Crippen LogP contribution in [0.5, 0.6) is 11.5 Å². The molecule has 7 heteroatoms. The van der Waals surface area contributed by atoms with Crippen molar-refractivity contribution < 1.29 is 23.9 Å². The number of carbonyl (C=O) groups excluding carboxylic acids is 3. The first-order valence-corrected chi connectivity index (χ1v) is 9.00. The summed E-state index contributed by atoms with van der Waals surface area (Å²) in [6.07, 6.45) is 0.670. The molecule has 7 nitrogen and oxygen atoms in total. The quantitative estimate of drug-likeness (QED) is 0.757. The molecule has 0 spiro atoms. The van der Waals surface area contributed by atoms with Crippen molar-refractivity contribution in [3.8, 4) is 11.5 Å². The van der Waals surface area contributed by atoms with E-state index < -0.39 is 11.8 Å². The van der Waals surface area contributed by atoms with Gasteiger partial charge in [0.1, 0.15) is 6.54 Å². The first-order chi connectivity index (χ1) is 13.5. The average Bonchev–Trinajstić information content (AvgIpc) is 2.97. The zero-order chi connectivity index (χ0) is 19.8. The Bertz CT molecular complexity index is 950. The van der Waals surface area contributed by atoms with Crippen LogP contribution in [0.15, 0.2) is 36.4 Å². The van der Waals surface area contributed by atoms with E-state index >= 15 is 0 Å². The highest BCUT2D eigenvalue weighted by Gasteiger charge is 2.37. The number of ether oxygens (including phenoxy) is 2. The van der Waals surface area contributed by atoms with Gasteiger partial charge in [-0.1, -0.05) is 12.1 Å². The summed E-state index contributed by atoms with van der Waals surface area (Å²) in [5.74, 6) is 0.174. The van der Waals surface area contributed by atoms with Gasteiger partial charge in [0.25, 0.3) is 11.8 Å². The smallest absolute Gasteiger partial charge is 0.262 e. The molecule has 144 valence electrons. The van der Waals surface area contributed by atoms with Gasteiger partial charge >= 0.3 is 0 Å². The number of hydrogen-bond acceptors (Lipinski definition) is 5. The van der Waals surface area contributed by atoms with Crippen LogP contribution in [0.1, 0.15) is 31.8 Å². The van der Waals surface area contributed by atoms with Gasteiger partial charge in [0.2, 0.25) is 5.91 Å². The monoisotopic (exact) mass is 380 g/mol. The summed E-state index contributed by atoms with van der Waals surface area (Å²) in [7, 11) is 3.16. The van der Waals surface area contributed by atoms with Crippen molar-refractivity contribution >= 4 is 17.7 Å². The largest absolute Gasteiger partial charge is 0.493 e. The number of benzene rings is 2. The van der Waals surface area contributed by atoms with Crippen molar-refractivity contribution in [2.75, 3.05) is 27.3 Å². The predicted molar refractivity (Wildman–Crippen MR) is 100 cm³/mol. The van der Waals surface area contributed by atoms with Gasteiger partial charge in [-0.15, -0.1) is 0 Å². The molecule has 0 atom stereocenters. The molecule has 0 fully saturated rings. The number of carbonyl (C=O) groups is 3. The zero-order valence-electron chi connectivity index (χ0n) is 15.7. The van der Waals surface area contributed by atoms with Gasteiger partial charge in [-0.2, -0.15) is 0 Å². The lowest BCUT2D eigenvalue weighted by Gasteiger charge is -2.30. The molecule has 0 N–H and O–H groups in total. The van der Waals surface area contributed by atoms with Crippen molar-refractivity contribution in [3.05, 3.63) is 58.7 Å². The van der Waals surface area contributed by atoms with Crippen molar-refractivity contribution in [1.29, 1.82) is 0 Å². The SMILES string of the molecule is COc1cc2c(cc1OC)CN(C(=O)CN1C(=O)c3ccccc3C1=O)CC2. The average molecular weight is 380 g/mol. The summed E-state index contributed by atoms with van der Waals surface area (Å²) in [5.41, 5.74) is 2.77. The van der Waals surface area contributed by atoms with Crippen LogP contribution < -0.4 is 9.47 Å². The molecular formula is C21H20N2O5. The molecule has 0 radical (unpaired) electrons.